The Morgan fingerprint density at radius 2 is 1.64 bits per heavy atom. The standard InChI is InChI=1S/C10H25ClN2Si/c1-6-12-10(11,9(4,5)14)13(7-2)8-3/h12H,6-8H2,1-5,14H3. The number of nitrogens with one attached hydrogen (secondary N) is 1. The Morgan fingerprint density at radius 3 is 1.86 bits per heavy atom. The Morgan fingerprint density at radius 1 is 1.21 bits per heavy atom. The van der Waals surface area contributed by atoms with E-state index in [0.29, 0.717) is 0 Å². The normalized spacial score (nSPS) is 17.4. The average Bonchev–Trinajstić information content (AvgIpc) is 2.04. The number of alkyl halides is 1. The van der Waals surface area contributed by atoms with Crippen molar-refractivity contribution in [3.63, 3.8) is 0 Å². The lowest BCUT2D eigenvalue weighted by molar-refractivity contribution is 0.108. The second-order valence-corrected chi connectivity index (χ2v) is 7.62. The summed E-state index contributed by atoms with van der Waals surface area (Å²) < 4.78 is 0. The van der Waals surface area contributed by atoms with Gasteiger partial charge in [-0.15, -0.1) is 0 Å². The van der Waals surface area contributed by atoms with E-state index in [9.17, 15) is 0 Å². The molecule has 0 radical (unpaired) electrons. The molecule has 0 aliphatic rings. The third-order valence-electron chi connectivity index (χ3n) is 2.60. The smallest absolute Gasteiger partial charge is 0.150 e. The van der Waals surface area contributed by atoms with E-state index in [0.717, 1.165) is 29.9 Å². The molecule has 0 rings (SSSR count). The van der Waals surface area contributed by atoms with Crippen LogP contribution < -0.4 is 5.32 Å². The fourth-order valence-corrected chi connectivity index (χ4v) is 2.61. The average molecular weight is 237 g/mol. The minimum Gasteiger partial charge on any atom is -0.287 e. The molecule has 0 aromatic heterocycles. The van der Waals surface area contributed by atoms with Crippen LogP contribution in [0.2, 0.25) is 5.04 Å². The Kier molecular flexibility index (Phi) is 5.66. The van der Waals surface area contributed by atoms with Crippen molar-refractivity contribution in [2.75, 3.05) is 19.6 Å². The summed E-state index contributed by atoms with van der Waals surface area (Å²) in [7, 11) is 1.07. The summed E-state index contributed by atoms with van der Waals surface area (Å²) in [5.74, 6) is 0. The van der Waals surface area contributed by atoms with Gasteiger partial charge in [0.2, 0.25) is 0 Å². The van der Waals surface area contributed by atoms with Crippen molar-refractivity contribution in [3.05, 3.63) is 0 Å². The quantitative estimate of drug-likeness (QED) is 0.325. The zero-order valence-corrected chi connectivity index (χ0v) is 13.2. The largest absolute Gasteiger partial charge is 0.287 e. The maximum absolute atomic E-state index is 6.73. The highest BCUT2D eigenvalue weighted by Gasteiger charge is 2.43. The third-order valence-corrected chi connectivity index (χ3v) is 4.58. The maximum atomic E-state index is 6.73. The Balaban J connectivity index is 4.87. The van der Waals surface area contributed by atoms with Crippen LogP contribution in [0, 0.1) is 0 Å². The molecule has 1 unspecified atom stereocenters. The van der Waals surface area contributed by atoms with Gasteiger partial charge in [-0.1, -0.05) is 46.2 Å². The van der Waals surface area contributed by atoms with Gasteiger partial charge in [0.05, 0.1) is 0 Å². The summed E-state index contributed by atoms with van der Waals surface area (Å²) >= 11 is 6.73. The second kappa shape index (κ2) is 5.49. The van der Waals surface area contributed by atoms with Crippen molar-refractivity contribution in [2.24, 2.45) is 0 Å². The molecule has 1 N–H and O–H groups in total. The van der Waals surface area contributed by atoms with Crippen LogP contribution in [0.5, 0.6) is 0 Å². The fourth-order valence-electron chi connectivity index (χ4n) is 1.74. The van der Waals surface area contributed by atoms with Crippen LogP contribution in [0.4, 0.5) is 0 Å². The molecule has 0 aliphatic carbocycles. The van der Waals surface area contributed by atoms with Crippen molar-refractivity contribution < 1.29 is 0 Å². The molecule has 0 bridgehead atoms. The highest BCUT2D eigenvalue weighted by Crippen LogP contribution is 2.40. The van der Waals surface area contributed by atoms with E-state index in [1.165, 1.54) is 0 Å². The van der Waals surface area contributed by atoms with Gasteiger partial charge in [0.25, 0.3) is 0 Å². The van der Waals surface area contributed by atoms with E-state index >= 15 is 0 Å². The van der Waals surface area contributed by atoms with Crippen LogP contribution in [0.15, 0.2) is 0 Å². The molecule has 1 atom stereocenters. The predicted octanol–water partition coefficient (Wildman–Crippen LogP) is 1.39. The number of halogens is 1. The molecule has 2 nitrogen and oxygen atoms in total. The lowest BCUT2D eigenvalue weighted by atomic mass is 10.1. The molecule has 0 aliphatic heterocycles. The molecule has 4 heteroatoms. The minimum absolute atomic E-state index is 0.149. The van der Waals surface area contributed by atoms with Gasteiger partial charge < -0.3 is 0 Å². The van der Waals surface area contributed by atoms with Crippen molar-refractivity contribution in [1.82, 2.24) is 10.2 Å². The molecule has 0 aromatic carbocycles. The Hall–Kier alpha value is 0.427. The SMILES string of the molecule is CCNC(Cl)(N(CC)CC)C(C)(C)[SiH3]. The molecule has 0 aromatic rings. The second-order valence-electron chi connectivity index (χ2n) is 4.57. The van der Waals surface area contributed by atoms with Crippen LogP contribution >= 0.6 is 11.6 Å². The van der Waals surface area contributed by atoms with Crippen LogP contribution in [-0.2, 0) is 0 Å². The Labute approximate surface area is 96.8 Å². The first-order valence-electron chi connectivity index (χ1n) is 5.52. The molecular formula is C10H25ClN2Si. The van der Waals surface area contributed by atoms with Crippen molar-refractivity contribution in [1.29, 1.82) is 0 Å². The monoisotopic (exact) mass is 236 g/mol. The topological polar surface area (TPSA) is 15.3 Å². The first-order valence-corrected chi connectivity index (χ1v) is 6.90. The van der Waals surface area contributed by atoms with Crippen molar-refractivity contribution >= 4 is 21.8 Å². The van der Waals surface area contributed by atoms with Gasteiger partial charge in [-0.2, -0.15) is 0 Å². The van der Waals surface area contributed by atoms with Crippen LogP contribution in [0.25, 0.3) is 0 Å². The van der Waals surface area contributed by atoms with Crippen molar-refractivity contribution in [2.45, 2.75) is 44.8 Å². The molecular weight excluding hydrogens is 212 g/mol. The van der Waals surface area contributed by atoms with Crippen LogP contribution in [0.1, 0.15) is 34.6 Å². The summed E-state index contributed by atoms with van der Waals surface area (Å²) in [5, 5.41) is 3.20. The molecule has 0 heterocycles. The van der Waals surface area contributed by atoms with Gasteiger partial charge in [0.1, 0.15) is 0 Å². The fraction of sp³-hybridized carbons (Fsp3) is 1.00. The van der Waals surface area contributed by atoms with E-state index in [1.807, 2.05) is 0 Å². The summed E-state index contributed by atoms with van der Waals surface area (Å²) in [4.78, 5) is 2.30. The van der Waals surface area contributed by atoms with E-state index in [-0.39, 0.29) is 10.2 Å². The summed E-state index contributed by atoms with van der Waals surface area (Å²) in [6, 6.07) is 0. The Bertz CT molecular complexity index is 166. The van der Waals surface area contributed by atoms with Crippen molar-refractivity contribution in [3.8, 4) is 0 Å². The van der Waals surface area contributed by atoms with E-state index in [1.54, 1.807) is 0 Å². The zero-order valence-electron chi connectivity index (χ0n) is 10.4. The van der Waals surface area contributed by atoms with Gasteiger partial charge in [-0.3, -0.25) is 10.2 Å². The van der Waals surface area contributed by atoms with Gasteiger partial charge in [0.15, 0.2) is 5.12 Å². The van der Waals surface area contributed by atoms with Gasteiger partial charge in [-0.25, -0.2) is 0 Å². The lowest BCUT2D eigenvalue weighted by Crippen LogP contribution is -2.60. The van der Waals surface area contributed by atoms with Gasteiger partial charge >= 0.3 is 0 Å². The summed E-state index contributed by atoms with van der Waals surface area (Å²) in [6.07, 6.45) is 0. The molecule has 0 fully saturated rings. The first-order chi connectivity index (χ1) is 6.33. The van der Waals surface area contributed by atoms with E-state index in [4.69, 9.17) is 11.6 Å². The molecule has 14 heavy (non-hydrogen) atoms. The number of nitrogens with zero attached hydrogens (tertiary/aromatic N) is 1. The number of hydrogen-bond donors (Lipinski definition) is 1. The molecule has 0 spiro atoms. The van der Waals surface area contributed by atoms with Gasteiger partial charge in [-0.05, 0) is 24.7 Å². The molecule has 0 saturated carbocycles. The zero-order chi connectivity index (χ0) is 11.4. The lowest BCUT2D eigenvalue weighted by Gasteiger charge is -2.47. The summed E-state index contributed by atoms with van der Waals surface area (Å²) in [6.45, 7) is 13.8. The van der Waals surface area contributed by atoms with E-state index in [2.05, 4.69) is 44.8 Å². The maximum Gasteiger partial charge on any atom is 0.150 e. The first kappa shape index (κ1) is 14.4. The minimum atomic E-state index is -0.378. The molecule has 86 valence electrons. The van der Waals surface area contributed by atoms with Crippen LogP contribution in [-0.4, -0.2) is 39.9 Å². The highest BCUT2D eigenvalue weighted by molar-refractivity contribution is 6.30. The number of rotatable bonds is 6. The predicted molar refractivity (Wildman–Crippen MR) is 69.2 cm³/mol. The van der Waals surface area contributed by atoms with E-state index < -0.39 is 0 Å². The molecule has 0 saturated heterocycles. The summed E-state index contributed by atoms with van der Waals surface area (Å²) in [5.41, 5.74) is 0. The van der Waals surface area contributed by atoms with Gasteiger partial charge in [0, 0.05) is 10.2 Å². The number of hydrogen-bond acceptors (Lipinski definition) is 2. The third kappa shape index (κ3) is 2.96. The van der Waals surface area contributed by atoms with Crippen LogP contribution in [0.3, 0.4) is 0 Å². The molecule has 0 amide bonds. The highest BCUT2D eigenvalue weighted by atomic mass is 35.5.